The maximum atomic E-state index is 14.2. The lowest BCUT2D eigenvalue weighted by molar-refractivity contribution is -0.0591. The molecule has 236 valence electrons. The van der Waals surface area contributed by atoms with Crippen molar-refractivity contribution in [2.45, 2.75) is 65.0 Å². The zero-order valence-corrected chi connectivity index (χ0v) is 26.3. The number of carbonyl (C=O) groups excluding carboxylic acids is 1. The molecule has 1 fully saturated rings. The molecule has 1 saturated heterocycles. The Bertz CT molecular complexity index is 1820. The maximum Gasteiger partial charge on any atom is 0.338 e. The van der Waals surface area contributed by atoms with Crippen molar-refractivity contribution in [2.24, 2.45) is 0 Å². The van der Waals surface area contributed by atoms with Crippen molar-refractivity contribution in [3.8, 4) is 5.75 Å². The Labute approximate surface area is 265 Å². The first-order valence-corrected chi connectivity index (χ1v) is 15.5. The zero-order valence-electron chi connectivity index (χ0n) is 25.6. The van der Waals surface area contributed by atoms with Crippen molar-refractivity contribution in [3.05, 3.63) is 98.9 Å². The van der Waals surface area contributed by atoms with Crippen LogP contribution >= 0.6 is 11.6 Å². The number of hydrogen-bond donors (Lipinski definition) is 0. The molecule has 6 rings (SSSR count). The lowest BCUT2D eigenvalue weighted by Gasteiger charge is -2.29. The van der Waals surface area contributed by atoms with Crippen LogP contribution in [0.5, 0.6) is 5.75 Å². The van der Waals surface area contributed by atoms with Gasteiger partial charge in [-0.25, -0.2) is 14.2 Å². The molecule has 1 atom stereocenters. The minimum absolute atomic E-state index is 0.0821. The summed E-state index contributed by atoms with van der Waals surface area (Å²) < 4.78 is 35.0. The molecule has 2 aliphatic heterocycles. The third-order valence-electron chi connectivity index (χ3n) is 7.90. The Morgan fingerprint density at radius 1 is 1.18 bits per heavy atom. The fourth-order valence-electron chi connectivity index (χ4n) is 5.46. The fourth-order valence-corrected chi connectivity index (χ4v) is 5.62. The molecule has 0 radical (unpaired) electrons. The Morgan fingerprint density at radius 3 is 2.69 bits per heavy atom. The summed E-state index contributed by atoms with van der Waals surface area (Å²) in [6.07, 6.45) is 5.49. The number of nitrogens with zero attached hydrogens (tertiary/aromatic N) is 4. The fraction of sp³-hybridized carbons (Fsp3) is 0.382. The molecule has 9 nitrogen and oxygen atoms in total. The molecule has 2 aromatic carbocycles. The molecule has 2 aromatic heterocycles. The molecular weight excluding hydrogens is 599 g/mol. The van der Waals surface area contributed by atoms with Gasteiger partial charge in [-0.1, -0.05) is 23.7 Å². The second-order valence-electron chi connectivity index (χ2n) is 12.4. The SMILES string of the molecule is CC(C)(C)OC(=O)c1ccc2nc(CN3CC=C(n4cccc(OCc5ccc(Cl)cc5F)c4=O)CC3)n(C[C@@H]3CCO3)c2c1. The van der Waals surface area contributed by atoms with Gasteiger partial charge in [0, 0.05) is 48.6 Å². The summed E-state index contributed by atoms with van der Waals surface area (Å²) in [5, 5.41) is 0.300. The lowest BCUT2D eigenvalue weighted by Crippen LogP contribution is -2.34. The molecule has 4 heterocycles. The van der Waals surface area contributed by atoms with Crippen molar-refractivity contribution in [2.75, 3.05) is 19.7 Å². The summed E-state index contributed by atoms with van der Waals surface area (Å²) in [4.78, 5) is 33.3. The molecule has 0 N–H and O–H groups in total. The Morgan fingerprint density at radius 2 is 2.00 bits per heavy atom. The van der Waals surface area contributed by atoms with Gasteiger partial charge in [0.05, 0.1) is 35.8 Å². The second kappa shape index (κ2) is 12.8. The van der Waals surface area contributed by atoms with E-state index in [4.69, 9.17) is 30.8 Å². The van der Waals surface area contributed by atoms with Crippen LogP contribution in [0.2, 0.25) is 5.02 Å². The number of imidazole rings is 1. The van der Waals surface area contributed by atoms with Gasteiger partial charge >= 0.3 is 5.97 Å². The van der Waals surface area contributed by atoms with E-state index >= 15 is 0 Å². The quantitative estimate of drug-likeness (QED) is 0.207. The minimum Gasteiger partial charge on any atom is -0.483 e. The van der Waals surface area contributed by atoms with Crippen molar-refractivity contribution < 1.29 is 23.4 Å². The summed E-state index contributed by atoms with van der Waals surface area (Å²) in [7, 11) is 0. The Kier molecular flexibility index (Phi) is 8.81. The number of pyridine rings is 1. The smallest absolute Gasteiger partial charge is 0.338 e. The summed E-state index contributed by atoms with van der Waals surface area (Å²) in [5.41, 5.74) is 2.48. The zero-order chi connectivity index (χ0) is 31.7. The van der Waals surface area contributed by atoms with E-state index in [2.05, 4.69) is 9.47 Å². The number of benzene rings is 2. The van der Waals surface area contributed by atoms with Gasteiger partial charge in [0.15, 0.2) is 5.75 Å². The van der Waals surface area contributed by atoms with Crippen LogP contribution in [0.1, 0.15) is 55.4 Å². The highest BCUT2D eigenvalue weighted by Crippen LogP contribution is 2.26. The predicted octanol–water partition coefficient (Wildman–Crippen LogP) is 6.06. The van der Waals surface area contributed by atoms with Crippen LogP contribution in [0.4, 0.5) is 4.39 Å². The van der Waals surface area contributed by atoms with Gasteiger partial charge in [0.25, 0.3) is 5.56 Å². The monoisotopic (exact) mass is 634 g/mol. The van der Waals surface area contributed by atoms with Crippen molar-refractivity contribution >= 4 is 34.3 Å². The molecule has 0 amide bonds. The van der Waals surface area contributed by atoms with Crippen LogP contribution in [0.3, 0.4) is 0 Å². The number of ether oxygens (including phenoxy) is 3. The number of halogens is 2. The molecule has 4 aromatic rings. The Balaban J connectivity index is 1.18. The number of rotatable bonds is 9. The minimum atomic E-state index is -0.589. The number of aromatic nitrogens is 3. The molecule has 11 heteroatoms. The van der Waals surface area contributed by atoms with Gasteiger partial charge in [-0.3, -0.25) is 14.3 Å². The highest BCUT2D eigenvalue weighted by molar-refractivity contribution is 6.30. The highest BCUT2D eigenvalue weighted by atomic mass is 35.5. The van der Waals surface area contributed by atoms with Gasteiger partial charge in [-0.15, -0.1) is 0 Å². The third kappa shape index (κ3) is 7.13. The van der Waals surface area contributed by atoms with Crippen molar-refractivity contribution in [1.82, 2.24) is 19.0 Å². The van der Waals surface area contributed by atoms with Crippen LogP contribution in [-0.2, 0) is 29.2 Å². The van der Waals surface area contributed by atoms with Gasteiger partial charge in [-0.2, -0.15) is 0 Å². The average Bonchev–Trinajstić information content (AvgIpc) is 3.30. The van der Waals surface area contributed by atoms with E-state index in [-0.39, 0.29) is 30.0 Å². The van der Waals surface area contributed by atoms with E-state index in [1.165, 1.54) is 6.07 Å². The first kappa shape index (κ1) is 31.0. The molecular formula is C34H36ClFN4O5. The summed E-state index contributed by atoms with van der Waals surface area (Å²) in [5.74, 6) is 0.189. The number of esters is 1. The molecule has 0 saturated carbocycles. The molecule has 0 unspecified atom stereocenters. The van der Waals surface area contributed by atoms with E-state index in [0.29, 0.717) is 48.7 Å². The van der Waals surface area contributed by atoms with Gasteiger partial charge in [0.1, 0.15) is 23.8 Å². The van der Waals surface area contributed by atoms with E-state index in [9.17, 15) is 14.0 Å². The van der Waals surface area contributed by atoms with E-state index in [1.807, 2.05) is 39.0 Å². The third-order valence-corrected chi connectivity index (χ3v) is 8.13. The average molecular weight is 635 g/mol. The van der Waals surface area contributed by atoms with Crippen molar-refractivity contribution in [3.63, 3.8) is 0 Å². The molecule has 45 heavy (non-hydrogen) atoms. The van der Waals surface area contributed by atoms with Crippen LogP contribution in [0.25, 0.3) is 16.7 Å². The van der Waals surface area contributed by atoms with Crippen LogP contribution in [0, 0.1) is 5.82 Å². The van der Waals surface area contributed by atoms with Crippen LogP contribution in [0.15, 0.2) is 65.6 Å². The first-order chi connectivity index (χ1) is 21.5. The number of fused-ring (bicyclic) bond motifs is 1. The highest BCUT2D eigenvalue weighted by Gasteiger charge is 2.25. The molecule has 0 bridgehead atoms. The number of carbonyl (C=O) groups is 1. The maximum absolute atomic E-state index is 14.2. The van der Waals surface area contributed by atoms with Crippen LogP contribution < -0.4 is 10.3 Å². The summed E-state index contributed by atoms with van der Waals surface area (Å²) in [6.45, 7) is 8.80. The summed E-state index contributed by atoms with van der Waals surface area (Å²) >= 11 is 5.84. The van der Waals surface area contributed by atoms with Crippen LogP contribution in [-0.4, -0.2) is 56.4 Å². The van der Waals surface area contributed by atoms with Crippen molar-refractivity contribution in [1.29, 1.82) is 0 Å². The Hall–Kier alpha value is -3.99. The number of hydrogen-bond acceptors (Lipinski definition) is 7. The normalized spacial score (nSPS) is 17.2. The standard InChI is InChI=1S/C34H36ClFN4O5/c1-34(2,3)45-33(42)22-7-9-28-29(17-22)40(19-26-12-16-43-26)31(37-28)20-38-14-10-25(11-15-38)39-13-4-5-30(32(39)41)44-21-23-6-8-24(35)18-27(23)36/h4-10,13,17-18,26H,11-12,14-16,19-21H2,1-3H3/t26-/m0/s1. The largest absolute Gasteiger partial charge is 0.483 e. The molecule has 0 aliphatic carbocycles. The van der Waals surface area contributed by atoms with Gasteiger partial charge < -0.3 is 18.8 Å². The first-order valence-electron chi connectivity index (χ1n) is 15.1. The predicted molar refractivity (Wildman–Crippen MR) is 170 cm³/mol. The topological polar surface area (TPSA) is 87.8 Å². The van der Waals surface area contributed by atoms with E-state index < -0.39 is 11.4 Å². The molecule has 0 spiro atoms. The summed E-state index contributed by atoms with van der Waals surface area (Å²) in [6, 6.07) is 13.2. The second-order valence-corrected chi connectivity index (χ2v) is 12.8. The van der Waals surface area contributed by atoms with E-state index in [0.717, 1.165) is 35.6 Å². The van der Waals surface area contributed by atoms with Gasteiger partial charge in [-0.05, 0) is 69.7 Å². The molecule has 2 aliphatic rings. The van der Waals surface area contributed by atoms with Gasteiger partial charge in [0.2, 0.25) is 0 Å². The van der Waals surface area contributed by atoms with E-state index in [1.54, 1.807) is 41.1 Å². The lowest BCUT2D eigenvalue weighted by atomic mass is 10.1.